The summed E-state index contributed by atoms with van der Waals surface area (Å²) in [5, 5.41) is 4.13. The molecule has 18 heavy (non-hydrogen) atoms. The van der Waals surface area contributed by atoms with Crippen LogP contribution in [0.1, 0.15) is 23.7 Å². The van der Waals surface area contributed by atoms with Gasteiger partial charge in [-0.05, 0) is 29.9 Å². The standard InChI is InChI=1S/C15H14FNO/c1-9-8-14(9)17-15(18)12-6-7-13(16)11-5-3-2-4-10(11)12/h2-7,9,14H,8H2,1H3,(H,17,18). The topological polar surface area (TPSA) is 29.1 Å². The third-order valence-corrected chi connectivity index (χ3v) is 3.54. The molecule has 0 aliphatic heterocycles. The minimum Gasteiger partial charge on any atom is -0.349 e. The van der Waals surface area contributed by atoms with Crippen LogP contribution in [-0.4, -0.2) is 11.9 Å². The Hall–Kier alpha value is -1.90. The smallest absolute Gasteiger partial charge is 0.252 e. The van der Waals surface area contributed by atoms with Crippen LogP contribution in [0.4, 0.5) is 4.39 Å². The molecule has 1 fully saturated rings. The minimum absolute atomic E-state index is 0.111. The van der Waals surface area contributed by atoms with Crippen molar-refractivity contribution in [3.63, 3.8) is 0 Å². The molecular formula is C15H14FNO. The van der Waals surface area contributed by atoms with E-state index < -0.39 is 0 Å². The van der Waals surface area contributed by atoms with Crippen LogP contribution in [0, 0.1) is 11.7 Å². The van der Waals surface area contributed by atoms with Crippen molar-refractivity contribution in [2.24, 2.45) is 5.92 Å². The second-order valence-electron chi connectivity index (χ2n) is 4.93. The number of nitrogens with one attached hydrogen (secondary N) is 1. The Kier molecular flexibility index (Phi) is 2.54. The molecule has 1 aliphatic carbocycles. The number of hydrogen-bond donors (Lipinski definition) is 1. The van der Waals surface area contributed by atoms with E-state index in [4.69, 9.17) is 0 Å². The van der Waals surface area contributed by atoms with Gasteiger partial charge >= 0.3 is 0 Å². The quantitative estimate of drug-likeness (QED) is 0.862. The van der Waals surface area contributed by atoms with Crippen LogP contribution in [0.15, 0.2) is 36.4 Å². The average Bonchev–Trinajstić information content (AvgIpc) is 3.05. The first-order chi connectivity index (χ1) is 8.66. The molecule has 1 aliphatic rings. The monoisotopic (exact) mass is 243 g/mol. The average molecular weight is 243 g/mol. The Morgan fingerprint density at radius 2 is 1.89 bits per heavy atom. The summed E-state index contributed by atoms with van der Waals surface area (Å²) >= 11 is 0. The molecule has 1 N–H and O–H groups in total. The molecule has 1 saturated carbocycles. The molecule has 1 amide bonds. The van der Waals surface area contributed by atoms with E-state index in [-0.39, 0.29) is 17.8 Å². The Morgan fingerprint density at radius 1 is 1.22 bits per heavy atom. The Bertz CT molecular complexity index is 623. The number of carbonyl (C=O) groups excluding carboxylic acids is 1. The van der Waals surface area contributed by atoms with Crippen molar-refractivity contribution in [1.82, 2.24) is 5.32 Å². The number of carbonyl (C=O) groups is 1. The summed E-state index contributed by atoms with van der Waals surface area (Å²) in [4.78, 5) is 12.1. The van der Waals surface area contributed by atoms with Gasteiger partial charge in [0.05, 0.1) is 0 Å². The van der Waals surface area contributed by atoms with Crippen molar-refractivity contribution >= 4 is 16.7 Å². The fourth-order valence-electron chi connectivity index (χ4n) is 2.23. The molecule has 0 aromatic heterocycles. The summed E-state index contributed by atoms with van der Waals surface area (Å²) in [5.74, 6) is 0.156. The van der Waals surface area contributed by atoms with Gasteiger partial charge in [0.2, 0.25) is 0 Å². The molecule has 2 nitrogen and oxygen atoms in total. The van der Waals surface area contributed by atoms with Gasteiger partial charge in [0.15, 0.2) is 0 Å². The van der Waals surface area contributed by atoms with Crippen molar-refractivity contribution in [2.75, 3.05) is 0 Å². The van der Waals surface area contributed by atoms with E-state index in [1.165, 1.54) is 6.07 Å². The van der Waals surface area contributed by atoms with Crippen molar-refractivity contribution < 1.29 is 9.18 Å². The lowest BCUT2D eigenvalue weighted by Crippen LogP contribution is -2.26. The number of amides is 1. The second kappa shape index (κ2) is 4.09. The fraction of sp³-hybridized carbons (Fsp3) is 0.267. The van der Waals surface area contributed by atoms with E-state index in [1.54, 1.807) is 24.3 Å². The van der Waals surface area contributed by atoms with Crippen LogP contribution < -0.4 is 5.32 Å². The number of fused-ring (bicyclic) bond motifs is 1. The Balaban J connectivity index is 2.01. The fourth-order valence-corrected chi connectivity index (χ4v) is 2.23. The SMILES string of the molecule is CC1CC1NC(=O)c1ccc(F)c2ccccc12. The van der Waals surface area contributed by atoms with Crippen LogP contribution in [0.25, 0.3) is 10.8 Å². The highest BCUT2D eigenvalue weighted by Crippen LogP contribution is 2.30. The van der Waals surface area contributed by atoms with Crippen molar-refractivity contribution in [3.8, 4) is 0 Å². The van der Waals surface area contributed by atoms with Gasteiger partial charge in [0.25, 0.3) is 5.91 Å². The largest absolute Gasteiger partial charge is 0.349 e. The molecule has 3 heteroatoms. The van der Waals surface area contributed by atoms with E-state index in [2.05, 4.69) is 12.2 Å². The van der Waals surface area contributed by atoms with Gasteiger partial charge in [-0.1, -0.05) is 31.2 Å². The molecular weight excluding hydrogens is 229 g/mol. The zero-order valence-corrected chi connectivity index (χ0v) is 10.1. The highest BCUT2D eigenvalue weighted by atomic mass is 19.1. The van der Waals surface area contributed by atoms with Crippen LogP contribution >= 0.6 is 0 Å². The summed E-state index contributed by atoms with van der Waals surface area (Å²) < 4.78 is 13.6. The Labute approximate surface area is 105 Å². The molecule has 0 radical (unpaired) electrons. The predicted octanol–water partition coefficient (Wildman–Crippen LogP) is 3.12. The zero-order valence-electron chi connectivity index (χ0n) is 10.1. The molecule has 92 valence electrons. The molecule has 2 aromatic carbocycles. The maximum Gasteiger partial charge on any atom is 0.252 e. The molecule has 0 spiro atoms. The van der Waals surface area contributed by atoms with E-state index >= 15 is 0 Å². The van der Waals surface area contributed by atoms with Crippen LogP contribution in [0.3, 0.4) is 0 Å². The first-order valence-electron chi connectivity index (χ1n) is 6.15. The van der Waals surface area contributed by atoms with Gasteiger partial charge in [0.1, 0.15) is 5.82 Å². The highest BCUT2D eigenvalue weighted by Gasteiger charge is 2.34. The van der Waals surface area contributed by atoms with Gasteiger partial charge in [-0.15, -0.1) is 0 Å². The van der Waals surface area contributed by atoms with E-state index in [9.17, 15) is 9.18 Å². The van der Waals surface area contributed by atoms with Crippen LogP contribution in [0.5, 0.6) is 0 Å². The van der Waals surface area contributed by atoms with Crippen LogP contribution in [0.2, 0.25) is 0 Å². The molecule has 0 saturated heterocycles. The maximum atomic E-state index is 13.6. The molecule has 2 aromatic rings. The zero-order chi connectivity index (χ0) is 12.7. The second-order valence-corrected chi connectivity index (χ2v) is 4.93. The lowest BCUT2D eigenvalue weighted by molar-refractivity contribution is 0.0951. The van der Waals surface area contributed by atoms with Gasteiger partial charge in [-0.25, -0.2) is 4.39 Å². The van der Waals surface area contributed by atoms with Crippen molar-refractivity contribution in [1.29, 1.82) is 0 Å². The molecule has 3 rings (SSSR count). The number of rotatable bonds is 2. The lowest BCUT2D eigenvalue weighted by atomic mass is 10.0. The van der Waals surface area contributed by atoms with Gasteiger partial charge in [-0.2, -0.15) is 0 Å². The highest BCUT2D eigenvalue weighted by molar-refractivity contribution is 6.07. The first-order valence-corrected chi connectivity index (χ1v) is 6.15. The third kappa shape index (κ3) is 1.86. The summed E-state index contributed by atoms with van der Waals surface area (Å²) in [6, 6.07) is 10.3. The molecule has 0 bridgehead atoms. The number of hydrogen-bond acceptors (Lipinski definition) is 1. The minimum atomic E-state index is -0.290. The van der Waals surface area contributed by atoms with E-state index in [0.29, 0.717) is 22.3 Å². The summed E-state index contributed by atoms with van der Waals surface area (Å²) in [6.45, 7) is 2.10. The molecule has 2 unspecified atom stereocenters. The van der Waals surface area contributed by atoms with E-state index in [1.807, 2.05) is 6.07 Å². The van der Waals surface area contributed by atoms with Crippen LogP contribution in [-0.2, 0) is 0 Å². The van der Waals surface area contributed by atoms with E-state index in [0.717, 1.165) is 6.42 Å². The summed E-state index contributed by atoms with van der Waals surface area (Å²) in [6.07, 6.45) is 1.03. The van der Waals surface area contributed by atoms with Gasteiger partial charge < -0.3 is 5.32 Å². The number of halogens is 1. The molecule has 2 atom stereocenters. The number of benzene rings is 2. The third-order valence-electron chi connectivity index (χ3n) is 3.54. The predicted molar refractivity (Wildman–Crippen MR) is 68.9 cm³/mol. The van der Waals surface area contributed by atoms with Crippen molar-refractivity contribution in [3.05, 3.63) is 47.8 Å². The molecule has 0 heterocycles. The van der Waals surface area contributed by atoms with Gasteiger partial charge in [0, 0.05) is 17.0 Å². The maximum absolute atomic E-state index is 13.6. The van der Waals surface area contributed by atoms with Crippen molar-refractivity contribution in [2.45, 2.75) is 19.4 Å². The lowest BCUT2D eigenvalue weighted by Gasteiger charge is -2.08. The summed E-state index contributed by atoms with van der Waals surface area (Å²) in [5.41, 5.74) is 0.547. The first kappa shape index (κ1) is 11.2. The Morgan fingerprint density at radius 3 is 2.56 bits per heavy atom. The van der Waals surface area contributed by atoms with Gasteiger partial charge in [-0.3, -0.25) is 4.79 Å². The normalized spacial score (nSPS) is 21.9. The summed E-state index contributed by atoms with van der Waals surface area (Å²) in [7, 11) is 0.